The van der Waals surface area contributed by atoms with Gasteiger partial charge in [-0.3, -0.25) is 14.5 Å². The molecule has 196 valence electrons. The molecule has 0 unspecified atom stereocenters. The maximum absolute atomic E-state index is 13.1. The number of hydrogen-bond acceptors (Lipinski definition) is 7. The Kier molecular flexibility index (Phi) is 8.93. The average Bonchev–Trinajstić information content (AvgIpc) is 3.21. The summed E-state index contributed by atoms with van der Waals surface area (Å²) >= 11 is 7.77. The van der Waals surface area contributed by atoms with Crippen LogP contribution in [0.5, 0.6) is 17.2 Å². The Hall–Kier alpha value is -3.95. The standard InChI is InChI=1S/C28H26ClN3O5S/c1-4-32-27(34)24(38-28(32)31-20-10-12-21(35-2)13-11-20)16-18-14-22(29)26(23(15-18)36-3)37-17-25(33)30-19-8-6-5-7-9-19/h5-16H,4,17H2,1-3H3,(H,30,33)/b24-16+,31-28?. The van der Waals surface area contributed by atoms with Gasteiger partial charge in [-0.25, -0.2) is 4.99 Å². The molecule has 4 rings (SSSR count). The van der Waals surface area contributed by atoms with Crippen LogP contribution in [0.2, 0.25) is 5.02 Å². The number of anilines is 1. The number of ether oxygens (including phenoxy) is 3. The molecular weight excluding hydrogens is 526 g/mol. The van der Waals surface area contributed by atoms with Crippen molar-refractivity contribution in [2.24, 2.45) is 4.99 Å². The molecule has 38 heavy (non-hydrogen) atoms. The predicted octanol–water partition coefficient (Wildman–Crippen LogP) is 6.00. The molecule has 0 radical (unpaired) electrons. The Labute approximate surface area is 230 Å². The number of amides is 2. The number of rotatable bonds is 9. The van der Waals surface area contributed by atoms with Crippen molar-refractivity contribution in [2.75, 3.05) is 32.7 Å². The number of para-hydroxylation sites is 1. The lowest BCUT2D eigenvalue weighted by atomic mass is 10.1. The second-order valence-corrected chi connectivity index (χ2v) is 9.41. The van der Waals surface area contributed by atoms with E-state index in [4.69, 9.17) is 25.8 Å². The van der Waals surface area contributed by atoms with Crippen molar-refractivity contribution in [1.82, 2.24) is 4.90 Å². The highest BCUT2D eigenvalue weighted by molar-refractivity contribution is 8.18. The van der Waals surface area contributed by atoms with Gasteiger partial charge in [0.1, 0.15) is 5.75 Å². The lowest BCUT2D eigenvalue weighted by molar-refractivity contribution is -0.122. The molecule has 1 saturated heterocycles. The lowest BCUT2D eigenvalue weighted by Crippen LogP contribution is -2.28. The first-order valence-electron chi connectivity index (χ1n) is 11.7. The highest BCUT2D eigenvalue weighted by Crippen LogP contribution is 2.39. The van der Waals surface area contributed by atoms with Gasteiger partial charge in [-0.2, -0.15) is 0 Å². The predicted molar refractivity (Wildman–Crippen MR) is 152 cm³/mol. The SMILES string of the molecule is CCN1C(=O)/C(=C\c2cc(Cl)c(OCC(=O)Nc3ccccc3)c(OC)c2)SC1=Nc1ccc(OC)cc1. The highest BCUT2D eigenvalue weighted by atomic mass is 35.5. The van der Waals surface area contributed by atoms with E-state index >= 15 is 0 Å². The zero-order valence-electron chi connectivity index (χ0n) is 21.1. The van der Waals surface area contributed by atoms with Crippen LogP contribution < -0.4 is 19.5 Å². The van der Waals surface area contributed by atoms with E-state index in [2.05, 4.69) is 10.3 Å². The number of likely N-dealkylation sites (N-methyl/N-ethyl adjacent to an activating group) is 1. The van der Waals surface area contributed by atoms with Gasteiger partial charge in [0, 0.05) is 12.2 Å². The van der Waals surface area contributed by atoms with Crippen LogP contribution in [0.15, 0.2) is 76.6 Å². The van der Waals surface area contributed by atoms with Crippen LogP contribution in [0, 0.1) is 0 Å². The summed E-state index contributed by atoms with van der Waals surface area (Å²) in [5.41, 5.74) is 2.02. The Morgan fingerprint density at radius 3 is 2.47 bits per heavy atom. The summed E-state index contributed by atoms with van der Waals surface area (Å²) in [6.45, 7) is 2.11. The molecule has 8 nitrogen and oxygen atoms in total. The molecule has 0 saturated carbocycles. The highest BCUT2D eigenvalue weighted by Gasteiger charge is 2.32. The van der Waals surface area contributed by atoms with Crippen LogP contribution in [0.3, 0.4) is 0 Å². The molecule has 0 spiro atoms. The monoisotopic (exact) mass is 551 g/mol. The van der Waals surface area contributed by atoms with E-state index in [9.17, 15) is 9.59 Å². The van der Waals surface area contributed by atoms with Gasteiger partial charge in [-0.1, -0.05) is 29.8 Å². The van der Waals surface area contributed by atoms with Crippen LogP contribution in [0.4, 0.5) is 11.4 Å². The molecule has 3 aromatic carbocycles. The molecule has 3 aromatic rings. The molecule has 1 aliphatic rings. The number of nitrogens with zero attached hydrogens (tertiary/aromatic N) is 2. The van der Waals surface area contributed by atoms with E-state index < -0.39 is 0 Å². The van der Waals surface area contributed by atoms with Gasteiger partial charge in [0.25, 0.3) is 11.8 Å². The average molecular weight is 552 g/mol. The molecule has 0 aromatic heterocycles. The van der Waals surface area contributed by atoms with E-state index in [-0.39, 0.29) is 29.2 Å². The van der Waals surface area contributed by atoms with E-state index in [0.717, 1.165) is 5.75 Å². The molecule has 1 aliphatic heterocycles. The van der Waals surface area contributed by atoms with Crippen LogP contribution in [0.25, 0.3) is 6.08 Å². The maximum Gasteiger partial charge on any atom is 0.266 e. The quantitative estimate of drug-likeness (QED) is 0.328. The third kappa shape index (κ3) is 6.48. The third-order valence-electron chi connectivity index (χ3n) is 5.46. The second kappa shape index (κ2) is 12.5. The molecule has 1 fully saturated rings. The van der Waals surface area contributed by atoms with Gasteiger partial charge in [0.05, 0.1) is 29.8 Å². The minimum absolute atomic E-state index is 0.155. The number of thioether (sulfide) groups is 1. The number of halogens is 1. The topological polar surface area (TPSA) is 89.5 Å². The van der Waals surface area contributed by atoms with E-state index in [1.165, 1.54) is 18.9 Å². The fraction of sp³-hybridized carbons (Fsp3) is 0.179. The first kappa shape index (κ1) is 27.1. The van der Waals surface area contributed by atoms with Crippen LogP contribution >= 0.6 is 23.4 Å². The van der Waals surface area contributed by atoms with Crippen molar-refractivity contribution in [1.29, 1.82) is 0 Å². The normalized spacial score (nSPS) is 15.2. The number of methoxy groups -OCH3 is 2. The molecule has 2 amide bonds. The summed E-state index contributed by atoms with van der Waals surface area (Å²) in [5, 5.41) is 3.58. The van der Waals surface area contributed by atoms with Crippen molar-refractivity contribution < 1.29 is 23.8 Å². The Bertz CT molecular complexity index is 1380. The second-order valence-electron chi connectivity index (χ2n) is 7.99. The Balaban J connectivity index is 1.51. The molecule has 1 heterocycles. The summed E-state index contributed by atoms with van der Waals surface area (Å²) in [6.07, 6.45) is 1.73. The summed E-state index contributed by atoms with van der Waals surface area (Å²) in [7, 11) is 3.08. The first-order valence-corrected chi connectivity index (χ1v) is 12.9. The maximum atomic E-state index is 13.1. The fourth-order valence-corrected chi connectivity index (χ4v) is 4.94. The molecule has 10 heteroatoms. The first-order chi connectivity index (χ1) is 18.4. The number of amidine groups is 1. The van der Waals surface area contributed by atoms with Crippen LogP contribution in [0.1, 0.15) is 12.5 Å². The largest absolute Gasteiger partial charge is 0.497 e. The Morgan fingerprint density at radius 1 is 1.08 bits per heavy atom. The van der Waals surface area contributed by atoms with Crippen LogP contribution in [-0.4, -0.2) is 49.3 Å². The van der Waals surface area contributed by atoms with Crippen molar-refractivity contribution in [3.05, 3.63) is 82.2 Å². The molecule has 0 bridgehead atoms. The number of hydrogen-bond donors (Lipinski definition) is 1. The number of aliphatic imine (C=N–C) groups is 1. The third-order valence-corrected chi connectivity index (χ3v) is 6.74. The van der Waals surface area contributed by atoms with Crippen molar-refractivity contribution in [3.8, 4) is 17.2 Å². The summed E-state index contributed by atoms with van der Waals surface area (Å²) < 4.78 is 16.3. The summed E-state index contributed by atoms with van der Waals surface area (Å²) in [5.74, 6) is 0.815. The zero-order chi connectivity index (χ0) is 27.1. The van der Waals surface area contributed by atoms with Gasteiger partial charge in [0.15, 0.2) is 23.3 Å². The van der Waals surface area contributed by atoms with Crippen LogP contribution in [-0.2, 0) is 9.59 Å². The minimum Gasteiger partial charge on any atom is -0.497 e. The summed E-state index contributed by atoms with van der Waals surface area (Å²) in [6, 6.07) is 19.7. The van der Waals surface area contributed by atoms with Gasteiger partial charge < -0.3 is 19.5 Å². The van der Waals surface area contributed by atoms with Crippen molar-refractivity contribution >= 4 is 57.8 Å². The molecule has 1 N–H and O–H groups in total. The number of nitrogens with one attached hydrogen (secondary N) is 1. The van der Waals surface area contributed by atoms with Gasteiger partial charge in [-0.05, 0) is 78.9 Å². The van der Waals surface area contributed by atoms with Crippen molar-refractivity contribution in [3.63, 3.8) is 0 Å². The fourth-order valence-electron chi connectivity index (χ4n) is 3.61. The molecule has 0 aliphatic carbocycles. The molecule has 0 atom stereocenters. The lowest BCUT2D eigenvalue weighted by Gasteiger charge is -2.13. The Morgan fingerprint density at radius 2 is 1.82 bits per heavy atom. The number of benzene rings is 3. The van der Waals surface area contributed by atoms with E-state index in [1.807, 2.05) is 49.4 Å². The van der Waals surface area contributed by atoms with E-state index in [0.29, 0.717) is 39.3 Å². The van der Waals surface area contributed by atoms with Gasteiger partial charge in [0.2, 0.25) is 0 Å². The zero-order valence-corrected chi connectivity index (χ0v) is 22.6. The molecular formula is C28H26ClN3O5S. The van der Waals surface area contributed by atoms with Gasteiger partial charge in [-0.15, -0.1) is 0 Å². The van der Waals surface area contributed by atoms with Crippen molar-refractivity contribution in [2.45, 2.75) is 6.92 Å². The number of carbonyl (C=O) groups excluding carboxylic acids is 2. The smallest absolute Gasteiger partial charge is 0.266 e. The van der Waals surface area contributed by atoms with Gasteiger partial charge >= 0.3 is 0 Å². The number of carbonyl (C=O) groups is 2. The van der Waals surface area contributed by atoms with E-state index in [1.54, 1.807) is 42.4 Å². The minimum atomic E-state index is -0.336. The summed E-state index contributed by atoms with van der Waals surface area (Å²) in [4.78, 5) is 32.1.